The summed E-state index contributed by atoms with van der Waals surface area (Å²) < 4.78 is 0. The van der Waals surface area contributed by atoms with Gasteiger partial charge < -0.3 is 10.2 Å². The minimum atomic E-state index is 0.428. The summed E-state index contributed by atoms with van der Waals surface area (Å²) >= 11 is 0. The molecule has 3 heteroatoms. The van der Waals surface area contributed by atoms with Crippen LogP contribution in [0.4, 0.5) is 17.1 Å². The second-order valence-corrected chi connectivity index (χ2v) is 8.67. The third kappa shape index (κ3) is 2.13. The summed E-state index contributed by atoms with van der Waals surface area (Å²) in [4.78, 5) is 2.66. The monoisotopic (exact) mass is 372 g/mol. The Labute approximate surface area is 171 Å². The molecule has 0 radical (unpaired) electrons. The van der Waals surface area contributed by atoms with E-state index in [0.29, 0.717) is 17.9 Å². The molecule has 0 aromatic heterocycles. The zero-order valence-corrected chi connectivity index (χ0v) is 16.2. The van der Waals surface area contributed by atoms with E-state index in [2.05, 4.69) is 95.1 Å². The van der Waals surface area contributed by atoms with Crippen molar-refractivity contribution in [1.82, 2.24) is 0 Å². The van der Waals surface area contributed by atoms with Gasteiger partial charge in [-0.2, -0.15) is 0 Å². The molecule has 3 unspecified atom stereocenters. The molecule has 0 spiro atoms. The standard InChI is InChI=1S/C26H21BN2/c1-2-8-17-15-24-21(13-16(17)7-1)28-22-14-18-9-3-4-10-19(18)25-26(22)29(24)23-12-6-5-11-20(23)27-25/h1-13,15,22,25-28H,14H2. The van der Waals surface area contributed by atoms with Gasteiger partial charge in [0.25, 0.3) is 0 Å². The van der Waals surface area contributed by atoms with Crippen molar-refractivity contribution in [3.63, 3.8) is 0 Å². The van der Waals surface area contributed by atoms with Crippen molar-refractivity contribution in [2.75, 3.05) is 10.2 Å². The molecule has 0 fully saturated rings. The van der Waals surface area contributed by atoms with E-state index in [1.807, 2.05) is 0 Å². The molecule has 2 aliphatic heterocycles. The van der Waals surface area contributed by atoms with Crippen LogP contribution >= 0.6 is 0 Å². The van der Waals surface area contributed by atoms with Crippen LogP contribution in [0.2, 0.25) is 0 Å². The summed E-state index contributed by atoms with van der Waals surface area (Å²) in [5.41, 5.74) is 8.48. The molecule has 138 valence electrons. The number of para-hydroxylation sites is 1. The zero-order valence-electron chi connectivity index (χ0n) is 16.2. The molecular weight excluding hydrogens is 351 g/mol. The van der Waals surface area contributed by atoms with Gasteiger partial charge in [-0.3, -0.25) is 0 Å². The lowest BCUT2D eigenvalue weighted by molar-refractivity contribution is 0.482. The Bertz CT molecular complexity index is 1280. The van der Waals surface area contributed by atoms with E-state index >= 15 is 0 Å². The number of fused-ring (bicyclic) bond motifs is 7. The lowest BCUT2D eigenvalue weighted by Crippen LogP contribution is -2.61. The SMILES string of the molecule is B1c2ccccc2N2c3cc4ccccc4cc3NC3Cc4ccccc4C1C32. The molecule has 3 aliphatic rings. The van der Waals surface area contributed by atoms with Crippen LogP contribution in [0.25, 0.3) is 10.8 Å². The van der Waals surface area contributed by atoms with Crippen molar-refractivity contribution in [2.45, 2.75) is 24.3 Å². The van der Waals surface area contributed by atoms with Crippen LogP contribution in [0, 0.1) is 0 Å². The molecule has 0 saturated carbocycles. The van der Waals surface area contributed by atoms with E-state index in [0.717, 1.165) is 13.7 Å². The number of rotatable bonds is 0. The Kier molecular flexibility index (Phi) is 3.07. The molecule has 7 rings (SSSR count). The Hall–Kier alpha value is -3.20. The van der Waals surface area contributed by atoms with Gasteiger partial charge in [-0.1, -0.05) is 72.2 Å². The predicted molar refractivity (Wildman–Crippen MR) is 123 cm³/mol. The van der Waals surface area contributed by atoms with Gasteiger partial charge in [-0.25, -0.2) is 0 Å². The highest BCUT2D eigenvalue weighted by Gasteiger charge is 2.47. The van der Waals surface area contributed by atoms with Crippen molar-refractivity contribution in [2.24, 2.45) is 0 Å². The molecule has 2 nitrogen and oxygen atoms in total. The zero-order chi connectivity index (χ0) is 18.9. The minimum absolute atomic E-state index is 0.428. The number of hydrogen-bond acceptors (Lipinski definition) is 2. The fraction of sp³-hybridized carbons (Fsp3) is 0.154. The maximum Gasteiger partial charge on any atom is 0.171 e. The highest BCUT2D eigenvalue weighted by atomic mass is 15.3. The van der Waals surface area contributed by atoms with Crippen molar-refractivity contribution in [3.05, 3.63) is 96.1 Å². The lowest BCUT2D eigenvalue weighted by atomic mass is 9.48. The molecule has 0 amide bonds. The van der Waals surface area contributed by atoms with Crippen LogP contribution in [0.15, 0.2) is 84.9 Å². The summed E-state index contributed by atoms with van der Waals surface area (Å²) in [6.45, 7) is 0. The van der Waals surface area contributed by atoms with Crippen molar-refractivity contribution in [1.29, 1.82) is 0 Å². The molecule has 4 aromatic rings. The van der Waals surface area contributed by atoms with E-state index < -0.39 is 0 Å². The summed E-state index contributed by atoms with van der Waals surface area (Å²) in [7, 11) is 1.12. The molecule has 2 heterocycles. The highest BCUT2D eigenvalue weighted by molar-refractivity contribution is 6.58. The van der Waals surface area contributed by atoms with Crippen molar-refractivity contribution < 1.29 is 0 Å². The number of benzene rings is 4. The minimum Gasteiger partial charge on any atom is -0.378 e. The third-order valence-corrected chi connectivity index (χ3v) is 7.17. The van der Waals surface area contributed by atoms with E-state index in [1.54, 1.807) is 5.56 Å². The predicted octanol–water partition coefficient (Wildman–Crippen LogP) is 4.51. The van der Waals surface area contributed by atoms with Crippen LogP contribution in [0.5, 0.6) is 0 Å². The first-order valence-corrected chi connectivity index (χ1v) is 10.6. The summed E-state index contributed by atoms with van der Waals surface area (Å²) in [6, 6.07) is 32.4. The van der Waals surface area contributed by atoms with Crippen molar-refractivity contribution >= 4 is 40.6 Å². The average molecular weight is 372 g/mol. The number of nitrogens with one attached hydrogen (secondary N) is 1. The second-order valence-electron chi connectivity index (χ2n) is 8.67. The summed E-state index contributed by atoms with van der Waals surface area (Å²) in [5.74, 6) is 0.520. The maximum absolute atomic E-state index is 3.95. The van der Waals surface area contributed by atoms with Crippen LogP contribution in [-0.2, 0) is 6.42 Å². The Balaban J connectivity index is 1.52. The topological polar surface area (TPSA) is 15.3 Å². The van der Waals surface area contributed by atoms with Gasteiger partial charge in [0.05, 0.1) is 23.5 Å². The van der Waals surface area contributed by atoms with Crippen LogP contribution < -0.4 is 15.7 Å². The van der Waals surface area contributed by atoms with E-state index in [4.69, 9.17) is 0 Å². The molecular formula is C26H21BN2. The van der Waals surface area contributed by atoms with Crippen LogP contribution in [0.3, 0.4) is 0 Å². The van der Waals surface area contributed by atoms with E-state index in [9.17, 15) is 0 Å². The highest BCUT2D eigenvalue weighted by Crippen LogP contribution is 2.49. The van der Waals surface area contributed by atoms with Crippen LogP contribution in [-0.4, -0.2) is 19.4 Å². The smallest absolute Gasteiger partial charge is 0.171 e. The molecule has 1 N–H and O–H groups in total. The Morgan fingerprint density at radius 3 is 2.48 bits per heavy atom. The van der Waals surface area contributed by atoms with Gasteiger partial charge in [0.2, 0.25) is 0 Å². The third-order valence-electron chi connectivity index (χ3n) is 7.17. The molecule has 29 heavy (non-hydrogen) atoms. The van der Waals surface area contributed by atoms with Crippen molar-refractivity contribution in [3.8, 4) is 0 Å². The van der Waals surface area contributed by atoms with Gasteiger partial charge in [-0.05, 0) is 52.3 Å². The number of anilines is 3. The van der Waals surface area contributed by atoms with E-state index in [-0.39, 0.29) is 0 Å². The molecule has 0 bridgehead atoms. The first-order chi connectivity index (χ1) is 14.4. The van der Waals surface area contributed by atoms with Gasteiger partial charge in [0.1, 0.15) is 0 Å². The van der Waals surface area contributed by atoms with Gasteiger partial charge in [0, 0.05) is 5.69 Å². The first-order valence-electron chi connectivity index (χ1n) is 10.6. The quantitative estimate of drug-likeness (QED) is 0.457. The fourth-order valence-corrected chi connectivity index (χ4v) is 5.98. The average Bonchev–Trinajstić information content (AvgIpc) is 2.77. The largest absolute Gasteiger partial charge is 0.378 e. The molecule has 4 aromatic carbocycles. The number of nitrogens with zero attached hydrogens (tertiary/aromatic N) is 1. The number of hydrogen-bond donors (Lipinski definition) is 1. The maximum atomic E-state index is 3.95. The normalized spacial score (nSPS) is 23.2. The fourth-order valence-electron chi connectivity index (χ4n) is 5.98. The lowest BCUT2D eigenvalue weighted by Gasteiger charge is -2.54. The van der Waals surface area contributed by atoms with Gasteiger partial charge in [0.15, 0.2) is 7.28 Å². The van der Waals surface area contributed by atoms with Gasteiger partial charge in [-0.15, -0.1) is 0 Å². The Morgan fingerprint density at radius 1 is 0.793 bits per heavy atom. The molecule has 0 saturated heterocycles. The molecule has 3 atom stereocenters. The van der Waals surface area contributed by atoms with E-state index in [1.165, 1.54) is 38.9 Å². The summed E-state index contributed by atoms with van der Waals surface area (Å²) in [5, 5.41) is 6.56. The molecule has 1 aliphatic carbocycles. The second kappa shape index (κ2) is 5.67. The van der Waals surface area contributed by atoms with Gasteiger partial charge >= 0.3 is 0 Å². The summed E-state index contributed by atoms with van der Waals surface area (Å²) in [6.07, 6.45) is 1.09. The Morgan fingerprint density at radius 2 is 1.55 bits per heavy atom. The first kappa shape index (κ1) is 15.7. The van der Waals surface area contributed by atoms with Crippen LogP contribution in [0.1, 0.15) is 16.9 Å².